The molecule has 0 radical (unpaired) electrons. The number of benzene rings is 1. The molecule has 1 rings (SSSR count). The van der Waals surface area contributed by atoms with Crippen LogP contribution in [-0.2, 0) is 10.0 Å². The summed E-state index contributed by atoms with van der Waals surface area (Å²) in [6.07, 6.45) is 1.47. The van der Waals surface area contributed by atoms with Crippen LogP contribution in [0.25, 0.3) is 0 Å². The third-order valence-electron chi connectivity index (χ3n) is 2.41. The van der Waals surface area contributed by atoms with Crippen molar-refractivity contribution in [1.29, 1.82) is 0 Å². The van der Waals surface area contributed by atoms with Crippen LogP contribution >= 0.6 is 0 Å². The molecule has 21 heavy (non-hydrogen) atoms. The summed E-state index contributed by atoms with van der Waals surface area (Å²) >= 11 is 0. The van der Waals surface area contributed by atoms with Crippen molar-refractivity contribution in [2.45, 2.75) is 6.42 Å². The summed E-state index contributed by atoms with van der Waals surface area (Å²) < 4.78 is 23.9. The first kappa shape index (κ1) is 16.9. The van der Waals surface area contributed by atoms with Gasteiger partial charge in [-0.1, -0.05) is 12.1 Å². The molecule has 0 saturated heterocycles. The van der Waals surface area contributed by atoms with Crippen LogP contribution in [0.5, 0.6) is 0 Å². The van der Waals surface area contributed by atoms with E-state index in [1.807, 2.05) is 0 Å². The second-order valence-electron chi connectivity index (χ2n) is 4.25. The number of anilines is 1. The minimum absolute atomic E-state index is 0.00797. The molecule has 0 atom stereocenters. The highest BCUT2D eigenvalue weighted by atomic mass is 32.2. The number of rotatable bonds is 7. The molecular weight excluding hydrogens is 298 g/mol. The lowest BCUT2D eigenvalue weighted by Gasteiger charge is -2.09. The van der Waals surface area contributed by atoms with Gasteiger partial charge in [0.1, 0.15) is 0 Å². The summed E-state index contributed by atoms with van der Waals surface area (Å²) in [5.74, 6) is -1.14. The second kappa shape index (κ2) is 7.60. The van der Waals surface area contributed by atoms with Gasteiger partial charge >= 0.3 is 12.0 Å². The minimum atomic E-state index is -3.23. The van der Waals surface area contributed by atoms with E-state index in [0.717, 1.165) is 6.26 Å². The second-order valence-corrected chi connectivity index (χ2v) is 6.08. The van der Waals surface area contributed by atoms with Crippen LogP contribution in [0.2, 0.25) is 0 Å². The van der Waals surface area contributed by atoms with Crippen LogP contribution in [0.3, 0.4) is 0 Å². The maximum Gasteiger partial charge on any atom is 0.337 e. The van der Waals surface area contributed by atoms with Gasteiger partial charge in [0, 0.05) is 13.1 Å². The van der Waals surface area contributed by atoms with E-state index in [1.54, 1.807) is 12.1 Å². The predicted octanol–water partition coefficient (Wildman–Crippen LogP) is 0.446. The molecule has 0 saturated carbocycles. The average molecular weight is 315 g/mol. The molecule has 0 aliphatic rings. The first-order valence-electron chi connectivity index (χ1n) is 6.11. The van der Waals surface area contributed by atoms with Crippen molar-refractivity contribution in [3.63, 3.8) is 0 Å². The molecule has 0 aliphatic carbocycles. The summed E-state index contributed by atoms with van der Waals surface area (Å²) in [4.78, 5) is 22.6. The molecule has 2 amide bonds. The number of carboxylic acid groups (broad SMARTS) is 1. The van der Waals surface area contributed by atoms with Gasteiger partial charge in [-0.25, -0.2) is 22.7 Å². The molecule has 116 valence electrons. The van der Waals surface area contributed by atoms with Crippen molar-refractivity contribution in [3.8, 4) is 0 Å². The quantitative estimate of drug-likeness (QED) is 0.544. The lowest BCUT2D eigenvalue weighted by molar-refractivity contribution is 0.0698. The number of urea groups is 1. The molecule has 0 unspecified atom stereocenters. The van der Waals surface area contributed by atoms with Crippen LogP contribution in [0.1, 0.15) is 16.8 Å². The molecule has 0 heterocycles. The first-order chi connectivity index (χ1) is 9.79. The van der Waals surface area contributed by atoms with Gasteiger partial charge in [-0.3, -0.25) is 0 Å². The zero-order valence-corrected chi connectivity index (χ0v) is 12.2. The Bertz CT molecular complexity index is 615. The van der Waals surface area contributed by atoms with Gasteiger partial charge < -0.3 is 15.7 Å². The summed E-state index contributed by atoms with van der Waals surface area (Å²) in [5, 5.41) is 13.9. The SMILES string of the molecule is CS(=O)(=O)NCCCNC(=O)Nc1ccccc1C(=O)O. The van der Waals surface area contributed by atoms with Crippen molar-refractivity contribution in [1.82, 2.24) is 10.0 Å². The highest BCUT2D eigenvalue weighted by Crippen LogP contribution is 2.14. The number of nitrogens with one attached hydrogen (secondary N) is 3. The smallest absolute Gasteiger partial charge is 0.337 e. The third kappa shape index (κ3) is 6.72. The number of sulfonamides is 1. The number of amides is 2. The molecule has 0 fully saturated rings. The molecule has 0 bridgehead atoms. The lowest BCUT2D eigenvalue weighted by Crippen LogP contribution is -2.32. The van der Waals surface area contributed by atoms with Crippen molar-refractivity contribution in [2.75, 3.05) is 24.7 Å². The Hall–Kier alpha value is -2.13. The molecule has 4 N–H and O–H groups in total. The van der Waals surface area contributed by atoms with E-state index in [2.05, 4.69) is 15.4 Å². The molecule has 0 aliphatic heterocycles. The van der Waals surface area contributed by atoms with E-state index >= 15 is 0 Å². The average Bonchev–Trinajstić information content (AvgIpc) is 2.37. The number of aromatic carboxylic acids is 1. The summed E-state index contributed by atoms with van der Waals surface area (Å²) in [6, 6.07) is 5.48. The Morgan fingerprint density at radius 3 is 2.48 bits per heavy atom. The van der Waals surface area contributed by atoms with E-state index in [9.17, 15) is 18.0 Å². The Morgan fingerprint density at radius 2 is 1.86 bits per heavy atom. The fraction of sp³-hybridized carbons (Fsp3) is 0.333. The topological polar surface area (TPSA) is 125 Å². The Labute approximate surface area is 122 Å². The van der Waals surface area contributed by atoms with Crippen molar-refractivity contribution >= 4 is 27.7 Å². The zero-order chi connectivity index (χ0) is 15.9. The van der Waals surface area contributed by atoms with Gasteiger partial charge in [0.25, 0.3) is 0 Å². The number of carboxylic acids is 1. The number of carbonyl (C=O) groups is 2. The fourth-order valence-corrected chi connectivity index (χ4v) is 2.01. The van der Waals surface area contributed by atoms with E-state index in [4.69, 9.17) is 5.11 Å². The maximum absolute atomic E-state index is 11.6. The summed E-state index contributed by atoms with van der Waals surface area (Å²) in [6.45, 7) is 0.467. The third-order valence-corrected chi connectivity index (χ3v) is 3.14. The number of para-hydroxylation sites is 1. The van der Waals surface area contributed by atoms with E-state index in [1.165, 1.54) is 12.1 Å². The van der Waals surface area contributed by atoms with Crippen molar-refractivity contribution in [3.05, 3.63) is 29.8 Å². The van der Waals surface area contributed by atoms with Crippen molar-refractivity contribution < 1.29 is 23.1 Å². The monoisotopic (exact) mass is 315 g/mol. The van der Waals surface area contributed by atoms with Gasteiger partial charge in [0.2, 0.25) is 10.0 Å². The van der Waals surface area contributed by atoms with Crippen LogP contribution in [0, 0.1) is 0 Å². The Balaban J connectivity index is 2.39. The number of carbonyl (C=O) groups excluding carboxylic acids is 1. The molecule has 0 spiro atoms. The van der Waals surface area contributed by atoms with E-state index < -0.39 is 22.0 Å². The van der Waals surface area contributed by atoms with Gasteiger partial charge in [0.15, 0.2) is 0 Å². The standard InChI is InChI=1S/C12H17N3O5S/c1-21(19,20)14-8-4-7-13-12(18)15-10-6-3-2-5-9(10)11(16)17/h2-3,5-6,14H,4,7-8H2,1H3,(H,16,17)(H2,13,15,18). The minimum Gasteiger partial charge on any atom is -0.478 e. The van der Waals surface area contributed by atoms with Gasteiger partial charge in [-0.2, -0.15) is 0 Å². The molecule has 1 aromatic rings. The number of hydrogen-bond acceptors (Lipinski definition) is 4. The van der Waals surface area contributed by atoms with Crippen LogP contribution in [-0.4, -0.2) is 44.9 Å². The normalized spacial score (nSPS) is 10.9. The largest absolute Gasteiger partial charge is 0.478 e. The van der Waals surface area contributed by atoms with E-state index in [-0.39, 0.29) is 24.3 Å². The van der Waals surface area contributed by atoms with Crippen LogP contribution in [0.15, 0.2) is 24.3 Å². The summed E-state index contributed by atoms with van der Waals surface area (Å²) in [5.41, 5.74) is 0.183. The van der Waals surface area contributed by atoms with Gasteiger partial charge in [0.05, 0.1) is 17.5 Å². The first-order valence-corrected chi connectivity index (χ1v) is 8.00. The lowest BCUT2D eigenvalue weighted by atomic mass is 10.2. The zero-order valence-electron chi connectivity index (χ0n) is 11.4. The van der Waals surface area contributed by atoms with Gasteiger partial charge in [-0.15, -0.1) is 0 Å². The van der Waals surface area contributed by atoms with Crippen molar-refractivity contribution in [2.24, 2.45) is 0 Å². The molecule has 8 nitrogen and oxygen atoms in total. The highest BCUT2D eigenvalue weighted by Gasteiger charge is 2.11. The Morgan fingerprint density at radius 1 is 1.19 bits per heavy atom. The van der Waals surface area contributed by atoms with Gasteiger partial charge in [-0.05, 0) is 18.6 Å². The maximum atomic E-state index is 11.6. The van der Waals surface area contributed by atoms with Crippen LogP contribution in [0.4, 0.5) is 10.5 Å². The Kier molecular flexibility index (Phi) is 6.12. The number of hydrogen-bond donors (Lipinski definition) is 4. The molecular formula is C12H17N3O5S. The fourth-order valence-electron chi connectivity index (χ4n) is 1.49. The highest BCUT2D eigenvalue weighted by molar-refractivity contribution is 7.88. The summed E-state index contributed by atoms with van der Waals surface area (Å²) in [7, 11) is -3.23. The molecule has 9 heteroatoms. The molecule has 0 aromatic heterocycles. The van der Waals surface area contributed by atoms with Crippen LogP contribution < -0.4 is 15.4 Å². The van der Waals surface area contributed by atoms with E-state index in [0.29, 0.717) is 6.42 Å². The molecule has 1 aromatic carbocycles. The predicted molar refractivity (Wildman–Crippen MR) is 77.9 cm³/mol.